The number of nitrogens with zero attached hydrogens (tertiary/aromatic N) is 1. The zero-order valence-electron chi connectivity index (χ0n) is 14.9. The third-order valence-electron chi connectivity index (χ3n) is 4.42. The highest BCUT2D eigenvalue weighted by Gasteiger charge is 2.29. The van der Waals surface area contributed by atoms with E-state index in [1.807, 2.05) is 0 Å². The predicted molar refractivity (Wildman–Crippen MR) is 93.8 cm³/mol. The van der Waals surface area contributed by atoms with Crippen molar-refractivity contribution in [3.8, 4) is 0 Å². The maximum Gasteiger partial charge on any atom is 0.0485 e. The van der Waals surface area contributed by atoms with E-state index in [2.05, 4.69) is 34.6 Å². The van der Waals surface area contributed by atoms with Crippen molar-refractivity contribution in [2.24, 2.45) is 27.8 Å². The molecule has 3 nitrogen and oxygen atoms in total. The monoisotopic (exact) mass is 295 g/mol. The second-order valence-corrected chi connectivity index (χ2v) is 8.19. The Labute approximate surface area is 132 Å². The van der Waals surface area contributed by atoms with Gasteiger partial charge in [0.15, 0.2) is 0 Å². The first kappa shape index (κ1) is 18.6. The van der Waals surface area contributed by atoms with Gasteiger partial charge >= 0.3 is 0 Å². The summed E-state index contributed by atoms with van der Waals surface area (Å²) in [4.78, 5) is 4.90. The fraction of sp³-hybridized carbons (Fsp3) is 0.944. The lowest BCUT2D eigenvalue weighted by atomic mass is 9.89. The van der Waals surface area contributed by atoms with Crippen LogP contribution >= 0.6 is 0 Å². The maximum absolute atomic E-state index is 6.25. The van der Waals surface area contributed by atoms with E-state index in [0.29, 0.717) is 17.5 Å². The first-order valence-corrected chi connectivity index (χ1v) is 8.78. The largest absolute Gasteiger partial charge is 0.328 e. The van der Waals surface area contributed by atoms with Gasteiger partial charge in [-0.1, -0.05) is 27.7 Å². The molecular formula is C18H37N3. The number of rotatable bonds is 9. The summed E-state index contributed by atoms with van der Waals surface area (Å²) in [6.07, 6.45) is 7.87. The van der Waals surface area contributed by atoms with Gasteiger partial charge in [0.2, 0.25) is 0 Å². The molecule has 0 spiro atoms. The molecule has 124 valence electrons. The minimum atomic E-state index is 0.195. The molecule has 1 aliphatic carbocycles. The van der Waals surface area contributed by atoms with Crippen molar-refractivity contribution in [3.63, 3.8) is 0 Å². The standard InChI is InChI=1S/C18H37N3/c1-6-16(9-10-18(3,4)5)21-13(2)11-15(19)12-17(20)14-7-8-14/h13-15,17H,6-12,19-20H2,1-5H3. The number of hydrogen-bond donors (Lipinski definition) is 2. The summed E-state index contributed by atoms with van der Waals surface area (Å²) >= 11 is 0. The number of aliphatic imine (C=N–C) groups is 1. The molecule has 1 fully saturated rings. The van der Waals surface area contributed by atoms with Crippen LogP contribution in [0.4, 0.5) is 0 Å². The average molecular weight is 296 g/mol. The Morgan fingerprint density at radius 3 is 2.29 bits per heavy atom. The van der Waals surface area contributed by atoms with Crippen molar-refractivity contribution in [2.45, 2.75) is 97.7 Å². The van der Waals surface area contributed by atoms with Crippen molar-refractivity contribution in [1.29, 1.82) is 0 Å². The quantitative estimate of drug-likeness (QED) is 0.634. The molecule has 0 bridgehead atoms. The van der Waals surface area contributed by atoms with E-state index in [0.717, 1.165) is 31.6 Å². The van der Waals surface area contributed by atoms with Gasteiger partial charge in [-0.3, -0.25) is 4.99 Å². The first-order valence-electron chi connectivity index (χ1n) is 8.78. The second kappa shape index (κ2) is 8.28. The highest BCUT2D eigenvalue weighted by atomic mass is 14.8. The molecule has 0 saturated heterocycles. The molecule has 21 heavy (non-hydrogen) atoms. The molecule has 0 aromatic rings. The van der Waals surface area contributed by atoms with E-state index in [9.17, 15) is 0 Å². The third-order valence-corrected chi connectivity index (χ3v) is 4.42. The average Bonchev–Trinajstić information content (AvgIpc) is 3.16. The molecule has 0 aromatic heterocycles. The van der Waals surface area contributed by atoms with Crippen molar-refractivity contribution in [2.75, 3.05) is 0 Å². The van der Waals surface area contributed by atoms with Gasteiger partial charge in [0.25, 0.3) is 0 Å². The van der Waals surface area contributed by atoms with Crippen LogP contribution in [0.3, 0.4) is 0 Å². The van der Waals surface area contributed by atoms with Crippen LogP contribution in [0.2, 0.25) is 0 Å². The van der Waals surface area contributed by atoms with Gasteiger partial charge < -0.3 is 11.5 Å². The number of hydrogen-bond acceptors (Lipinski definition) is 3. The number of nitrogens with two attached hydrogens (primary N) is 2. The lowest BCUT2D eigenvalue weighted by Crippen LogP contribution is -2.34. The van der Waals surface area contributed by atoms with E-state index in [1.54, 1.807) is 0 Å². The third kappa shape index (κ3) is 8.57. The molecule has 3 atom stereocenters. The molecule has 0 heterocycles. The summed E-state index contributed by atoms with van der Waals surface area (Å²) in [5.41, 5.74) is 14.1. The Kier molecular flexibility index (Phi) is 7.35. The Hall–Kier alpha value is -0.410. The van der Waals surface area contributed by atoms with Crippen LogP contribution in [0.1, 0.15) is 79.6 Å². The van der Waals surface area contributed by atoms with Crippen molar-refractivity contribution < 1.29 is 0 Å². The Morgan fingerprint density at radius 2 is 1.81 bits per heavy atom. The smallest absolute Gasteiger partial charge is 0.0485 e. The van der Waals surface area contributed by atoms with Crippen LogP contribution in [0.5, 0.6) is 0 Å². The van der Waals surface area contributed by atoms with Crippen LogP contribution in [0.15, 0.2) is 4.99 Å². The molecule has 1 saturated carbocycles. The molecule has 4 N–H and O–H groups in total. The predicted octanol–water partition coefficient (Wildman–Crippen LogP) is 3.90. The summed E-state index contributed by atoms with van der Waals surface area (Å²) in [5, 5.41) is 0. The Bertz CT molecular complexity index is 326. The highest BCUT2D eigenvalue weighted by molar-refractivity contribution is 5.84. The summed E-state index contributed by atoms with van der Waals surface area (Å²) in [7, 11) is 0. The van der Waals surface area contributed by atoms with Gasteiger partial charge in [-0.15, -0.1) is 0 Å². The van der Waals surface area contributed by atoms with Crippen LogP contribution in [-0.2, 0) is 0 Å². The van der Waals surface area contributed by atoms with Crippen LogP contribution in [0.25, 0.3) is 0 Å². The molecule has 0 radical (unpaired) electrons. The van der Waals surface area contributed by atoms with Crippen LogP contribution in [-0.4, -0.2) is 23.8 Å². The minimum absolute atomic E-state index is 0.195. The summed E-state index contributed by atoms with van der Waals surface area (Å²) in [6.45, 7) is 11.3. The fourth-order valence-electron chi connectivity index (χ4n) is 2.82. The van der Waals surface area contributed by atoms with Gasteiger partial charge in [0, 0.05) is 23.8 Å². The maximum atomic E-state index is 6.25. The van der Waals surface area contributed by atoms with Gasteiger partial charge in [-0.2, -0.15) is 0 Å². The summed E-state index contributed by atoms with van der Waals surface area (Å²) in [6, 6.07) is 0.823. The lowest BCUT2D eigenvalue weighted by Gasteiger charge is -2.21. The normalized spacial score (nSPS) is 21.2. The van der Waals surface area contributed by atoms with Crippen molar-refractivity contribution >= 4 is 5.71 Å². The summed E-state index contributed by atoms with van der Waals surface area (Å²) in [5.74, 6) is 0.743. The van der Waals surface area contributed by atoms with E-state index in [-0.39, 0.29) is 6.04 Å². The second-order valence-electron chi connectivity index (χ2n) is 8.19. The minimum Gasteiger partial charge on any atom is -0.328 e. The molecule has 0 aliphatic heterocycles. The topological polar surface area (TPSA) is 64.4 Å². The first-order chi connectivity index (χ1) is 9.71. The zero-order valence-corrected chi connectivity index (χ0v) is 14.9. The van der Waals surface area contributed by atoms with Gasteiger partial charge in [-0.05, 0) is 63.2 Å². The van der Waals surface area contributed by atoms with Gasteiger partial charge in [-0.25, -0.2) is 0 Å². The molecule has 0 amide bonds. The van der Waals surface area contributed by atoms with Gasteiger partial charge in [0.05, 0.1) is 0 Å². The SMILES string of the molecule is CCC(CCC(C)(C)C)=NC(C)CC(N)CC(N)C1CC1. The van der Waals surface area contributed by atoms with E-state index >= 15 is 0 Å². The molecule has 1 aliphatic rings. The zero-order chi connectivity index (χ0) is 16.0. The highest BCUT2D eigenvalue weighted by Crippen LogP contribution is 2.33. The molecule has 1 rings (SSSR count). The Morgan fingerprint density at radius 1 is 1.19 bits per heavy atom. The lowest BCUT2D eigenvalue weighted by molar-refractivity contribution is 0.384. The fourth-order valence-corrected chi connectivity index (χ4v) is 2.82. The van der Waals surface area contributed by atoms with E-state index in [4.69, 9.17) is 16.5 Å². The molecule has 3 unspecified atom stereocenters. The molecular weight excluding hydrogens is 258 g/mol. The van der Waals surface area contributed by atoms with E-state index < -0.39 is 0 Å². The molecule has 3 heteroatoms. The van der Waals surface area contributed by atoms with Crippen LogP contribution < -0.4 is 11.5 Å². The van der Waals surface area contributed by atoms with Crippen molar-refractivity contribution in [1.82, 2.24) is 0 Å². The molecule has 0 aromatic carbocycles. The van der Waals surface area contributed by atoms with Crippen molar-refractivity contribution in [3.05, 3.63) is 0 Å². The Balaban J connectivity index is 2.36. The van der Waals surface area contributed by atoms with Gasteiger partial charge in [0.1, 0.15) is 0 Å². The summed E-state index contributed by atoms with van der Waals surface area (Å²) < 4.78 is 0. The van der Waals surface area contributed by atoms with Crippen LogP contribution in [0, 0.1) is 11.3 Å². The van der Waals surface area contributed by atoms with E-state index in [1.165, 1.54) is 25.0 Å².